The molecule has 1 heterocycles. The summed E-state index contributed by atoms with van der Waals surface area (Å²) in [5.41, 5.74) is 8.78. The smallest absolute Gasteiger partial charge is 0.305 e. The van der Waals surface area contributed by atoms with E-state index in [1.54, 1.807) is 0 Å². The fraction of sp³-hybridized carbons (Fsp3) is 0.692. The molecular weight excluding hydrogens is 1800 g/mol. The number of aliphatic carboxylic acids is 8. The molecule has 0 unspecified atom stereocenters. The number of halogens is 2. The number of hydrogen-bond donors (Lipinski definition) is 20. The van der Waals surface area contributed by atoms with Crippen LogP contribution in [-0.2, 0) is 147 Å². The molecule has 56 heteroatoms. The lowest BCUT2D eigenvalue weighted by atomic mass is 10.0. The van der Waals surface area contributed by atoms with Crippen molar-refractivity contribution in [2.45, 2.75) is 198 Å². The second-order valence-electron chi connectivity index (χ2n) is 29.0. The van der Waals surface area contributed by atoms with E-state index < -0.39 is 262 Å². The second kappa shape index (κ2) is 74.5. The molecule has 12 amide bonds. The Morgan fingerprint density at radius 2 is 0.701 bits per heavy atom. The number of aromatic nitrogens is 3. The average molecular weight is 1930 g/mol. The van der Waals surface area contributed by atoms with E-state index in [1.807, 2.05) is 5.32 Å². The number of nitrogens with zero attached hydrogens (tertiary/aromatic N) is 6. The van der Waals surface area contributed by atoms with Crippen LogP contribution in [0.15, 0.2) is 11.3 Å². The summed E-state index contributed by atoms with van der Waals surface area (Å²) in [4.78, 5) is 249. The van der Waals surface area contributed by atoms with Crippen LogP contribution in [0, 0.1) is 24.2 Å². The number of carboxylic acids is 8. The zero-order valence-corrected chi connectivity index (χ0v) is 75.0. The van der Waals surface area contributed by atoms with Crippen LogP contribution in [0.3, 0.4) is 0 Å². The number of carboxylic acid groups (broad SMARTS) is 8. The maximum Gasteiger partial charge on any atom is 0.305 e. The zero-order valence-electron chi connectivity index (χ0n) is 75.0. The molecular formula is C78H124F2N18O36. The Kier molecular flexibility index (Phi) is 68.4. The van der Waals surface area contributed by atoms with Crippen molar-refractivity contribution in [3.8, 4) is 12.3 Å². The highest BCUT2D eigenvalue weighted by atomic mass is 18.2. The lowest BCUT2D eigenvalue weighted by Crippen LogP contribution is -2.60. The largest absolute Gasteiger partial charge is 0.481 e. The highest BCUT2D eigenvalue weighted by Crippen LogP contribution is 2.12. The molecule has 0 aliphatic heterocycles. The van der Waals surface area contributed by atoms with Crippen molar-refractivity contribution in [3.05, 3.63) is 22.3 Å². The van der Waals surface area contributed by atoms with Crippen LogP contribution < -0.4 is 63.8 Å². The number of rotatable bonds is 75. The van der Waals surface area contributed by atoms with Crippen molar-refractivity contribution < 1.29 is 183 Å². The van der Waals surface area contributed by atoms with Crippen molar-refractivity contribution >= 4 is 119 Å². The number of terminal acetylenes is 1. The number of azide groups is 1. The van der Waals surface area contributed by atoms with Gasteiger partial charge in [-0.05, 0) is 63.3 Å². The van der Waals surface area contributed by atoms with Gasteiger partial charge in [-0.15, -0.1) is 17.4 Å². The monoisotopic (exact) mass is 1920 g/mol. The number of nitrogens with one attached hydrogen (secondary N) is 12. The quantitative estimate of drug-likeness (QED) is 0.00954. The molecule has 0 aliphatic rings. The van der Waals surface area contributed by atoms with Crippen LogP contribution in [-0.4, -0.2) is 374 Å². The van der Waals surface area contributed by atoms with Crippen molar-refractivity contribution in [3.63, 3.8) is 0 Å². The normalized spacial score (nSPS) is 13.0. The Hall–Kier alpha value is -13.0. The average Bonchev–Trinajstić information content (AvgIpc) is 0.916. The summed E-state index contributed by atoms with van der Waals surface area (Å²) >= 11 is 0. The van der Waals surface area contributed by atoms with Gasteiger partial charge in [-0.3, -0.25) is 105 Å². The van der Waals surface area contributed by atoms with E-state index in [0.29, 0.717) is 18.5 Å². The molecule has 1 rings (SSSR count). The molecule has 54 nitrogen and oxygen atoms in total. The summed E-state index contributed by atoms with van der Waals surface area (Å²) in [6, 6.07) is -16.1. The Morgan fingerprint density at radius 1 is 0.396 bits per heavy atom. The molecule has 20 N–H and O–H groups in total. The molecule has 0 aromatic carbocycles. The summed E-state index contributed by atoms with van der Waals surface area (Å²) in [7, 11) is 0. The van der Waals surface area contributed by atoms with Gasteiger partial charge in [0.25, 0.3) is 0 Å². The molecule has 1 aromatic heterocycles. The first kappa shape index (κ1) is 123. The zero-order chi connectivity index (χ0) is 101. The Morgan fingerprint density at radius 3 is 1.01 bits per heavy atom. The number of carbonyl (C=O) groups excluding carboxylic acids is 12. The van der Waals surface area contributed by atoms with Gasteiger partial charge in [0.2, 0.25) is 70.9 Å². The first-order valence-electron chi connectivity index (χ1n) is 41.8. The molecule has 0 saturated carbocycles. The van der Waals surface area contributed by atoms with E-state index in [9.17, 15) is 135 Å². The van der Waals surface area contributed by atoms with E-state index in [0.717, 1.165) is 4.68 Å². The van der Waals surface area contributed by atoms with Gasteiger partial charge in [-0.25, -0.2) is 4.68 Å². The maximum atomic E-state index is 13.6. The molecule has 0 saturated heterocycles. The lowest BCUT2D eigenvalue weighted by Gasteiger charge is -2.28. The number of amides is 12. The van der Waals surface area contributed by atoms with Gasteiger partial charge in [0, 0.05) is 43.5 Å². The minimum Gasteiger partial charge on any atom is -0.481 e. The van der Waals surface area contributed by atoms with E-state index in [-0.39, 0.29) is 151 Å². The van der Waals surface area contributed by atoms with Crippen molar-refractivity contribution in [1.82, 2.24) is 78.8 Å². The van der Waals surface area contributed by atoms with Gasteiger partial charge in [0.1, 0.15) is 73.5 Å². The summed E-state index contributed by atoms with van der Waals surface area (Å²) < 4.78 is 66.8. The topological polar surface area (TPSA) is 801 Å². The second-order valence-corrected chi connectivity index (χ2v) is 29.0. The SMILES string of the molecule is C#CCCC[18F].CC(C)[C@H](NC(=O)[C@H](CCC(=O)O)NC(=O)[C@H](CC(=O)O)NC(=O)CN=[N+]=[N-])C(=O)N[C@@H](CC(=O)O)C(=O)N[C@@H](C)C(=O)NCCOCCOCCOCCOCCC(=O)O.CC(C)[C@H](NC(=O)[C@H](CCC(=O)O)NC(=O)[C@H](CC(=O)O)NC(=O)Cn1cc(CCC[18F])nn1)C(=O)N[C@@H](CC(=O)O)C(=O)N[C@@H](C)C(=O)NCCOCCOCCOCCOCCC(=O)O. The first-order valence-corrected chi connectivity index (χ1v) is 41.8. The fourth-order valence-electron chi connectivity index (χ4n) is 10.3. The van der Waals surface area contributed by atoms with Crippen molar-refractivity contribution in [2.24, 2.45) is 17.0 Å². The minimum atomic E-state index is -1.81. The van der Waals surface area contributed by atoms with Gasteiger partial charge in [0.05, 0.1) is 163 Å². The van der Waals surface area contributed by atoms with Gasteiger partial charge < -0.3 is 143 Å². The molecule has 134 heavy (non-hydrogen) atoms. The Bertz CT molecular complexity index is 3970. The highest BCUT2D eigenvalue weighted by molar-refractivity contribution is 6.00. The molecule has 1 aromatic rings. The summed E-state index contributed by atoms with van der Waals surface area (Å²) in [5, 5.41) is 111. The van der Waals surface area contributed by atoms with E-state index in [2.05, 4.69) is 84.7 Å². The predicted octanol–water partition coefficient (Wildman–Crippen LogP) is -5.01. The third kappa shape index (κ3) is 63.9. The number of ether oxygens (including phenoxy) is 8. The molecule has 0 spiro atoms. The minimum absolute atomic E-state index is 0.0207. The summed E-state index contributed by atoms with van der Waals surface area (Å²) in [6.07, 6.45) is 0.986. The predicted molar refractivity (Wildman–Crippen MR) is 453 cm³/mol. The number of unbranched alkanes of at least 4 members (excludes halogenated alkanes) is 1. The third-order valence-electron chi connectivity index (χ3n) is 17.1. The standard InChI is InChI=1S/C39H62FN9O18.C34H55N9O18.C5H7F/c1-23(2)34(46-36(60)26(6-7-30(51)52)44-38(62)27(19-32(55)56)43-29(50)22-49-21-25(47-48-49)5-4-9-40)39(63)45-28(20-33(57)58)37(61)42-24(3)35(59)41-10-12-65-14-16-67-18-17-66-15-13-64-11-8-31(53)54;1-19(2)29(42-31(54)21(4-5-25(45)46)40-33(56)22(16-27(49)50)39-24(44)18-37-43-35)34(57)41-23(17-28(51)52)32(55)38-20(3)30(53)36-7-9-59-11-13-61-15-14-60-12-10-58-8-6-26(47)48;1-2-3-4-5-6/h21,23-24,26-28,34H,4-20,22H2,1-3H3,(H,41,59)(H,42,61)(H,43,50)(H,44,62)(H,45,63)(H,46,60)(H,51,52)(H,53,54)(H,55,56)(H,57,58);19-23,29H,4-18H2,1-3H3,(H,36,53)(H,38,55)(H,39,44)(H,40,56)(H,41,57)(H,42,54)(H,45,46)(H,47,48)(H,49,50)(H,51,52);1H,3-5H2/t24-,26-,27-,28-,34-;20-,21-,22-,23-,29-;/m00./s1/i40-1;;6-1. The molecule has 10 atom stereocenters. The van der Waals surface area contributed by atoms with E-state index in [4.69, 9.17) is 60.1 Å². The van der Waals surface area contributed by atoms with E-state index in [1.165, 1.54) is 47.7 Å². The fourth-order valence-corrected chi connectivity index (χ4v) is 10.3. The first-order chi connectivity index (χ1) is 63.4. The number of aryl methyl sites for hydroxylation is 1. The lowest BCUT2D eigenvalue weighted by molar-refractivity contribution is -0.142. The summed E-state index contributed by atoms with van der Waals surface area (Å²) in [5.74, 6) is -22.4. The van der Waals surface area contributed by atoms with Crippen LogP contribution in [0.5, 0.6) is 0 Å². The van der Waals surface area contributed by atoms with Gasteiger partial charge in [-0.2, -0.15) is 0 Å². The van der Waals surface area contributed by atoms with Crippen LogP contribution in [0.1, 0.15) is 131 Å². The molecule has 0 aliphatic carbocycles. The number of hydrogen-bond acceptors (Lipinski definition) is 31. The van der Waals surface area contributed by atoms with Crippen LogP contribution in [0.4, 0.5) is 8.78 Å². The molecule has 0 radical (unpaired) electrons. The third-order valence-corrected chi connectivity index (χ3v) is 17.1. The molecule has 0 bridgehead atoms. The van der Waals surface area contributed by atoms with Crippen LogP contribution >= 0.6 is 0 Å². The van der Waals surface area contributed by atoms with Crippen LogP contribution in [0.2, 0.25) is 0 Å². The van der Waals surface area contributed by atoms with E-state index >= 15 is 0 Å². The Labute approximate surface area is 767 Å². The molecule has 756 valence electrons. The van der Waals surface area contributed by atoms with Crippen molar-refractivity contribution in [1.29, 1.82) is 0 Å². The highest BCUT2D eigenvalue weighted by Gasteiger charge is 2.38. The number of alkyl halides is 2. The van der Waals surface area contributed by atoms with Crippen LogP contribution in [0.25, 0.3) is 10.4 Å². The van der Waals surface area contributed by atoms with Gasteiger partial charge in [0.15, 0.2) is 0 Å². The van der Waals surface area contributed by atoms with Crippen molar-refractivity contribution in [2.75, 3.05) is 139 Å². The van der Waals surface area contributed by atoms with Gasteiger partial charge >= 0.3 is 47.8 Å². The Balaban J connectivity index is 0. The maximum absolute atomic E-state index is 13.6. The molecule has 0 fully saturated rings. The summed E-state index contributed by atoms with van der Waals surface area (Å²) in [6.45, 7) is 9.47. The number of carbonyl (C=O) groups is 20. The van der Waals surface area contributed by atoms with Gasteiger partial charge in [-0.1, -0.05) is 38.0 Å².